The first-order valence-corrected chi connectivity index (χ1v) is 11.0. The van der Waals surface area contributed by atoms with Crippen molar-refractivity contribution in [3.05, 3.63) is 48.4 Å². The largest absolute Gasteiger partial charge is 0.464 e. The van der Waals surface area contributed by atoms with Crippen molar-refractivity contribution in [2.24, 2.45) is 0 Å². The van der Waals surface area contributed by atoms with Crippen LogP contribution < -0.4 is 4.74 Å². The third-order valence-corrected chi connectivity index (χ3v) is 6.73. The second kappa shape index (κ2) is 7.09. The van der Waals surface area contributed by atoms with Crippen LogP contribution >= 0.6 is 11.3 Å². The Labute approximate surface area is 172 Å². The number of ether oxygens (including phenoxy) is 1. The van der Waals surface area contributed by atoms with Crippen molar-refractivity contribution in [3.63, 3.8) is 0 Å². The molecule has 148 valence electrons. The normalized spacial score (nSPS) is 18.6. The fraction of sp³-hybridized carbons (Fsp3) is 0.364. The van der Waals surface area contributed by atoms with Crippen molar-refractivity contribution in [3.8, 4) is 10.9 Å². The minimum Gasteiger partial charge on any atom is -0.464 e. The number of rotatable bonds is 5. The number of hydrogen-bond acceptors (Lipinski definition) is 7. The second-order valence-corrected chi connectivity index (χ2v) is 8.86. The maximum Gasteiger partial charge on any atom is 0.281 e. The van der Waals surface area contributed by atoms with Gasteiger partial charge in [-0.15, -0.1) is 0 Å². The van der Waals surface area contributed by atoms with Gasteiger partial charge in [-0.2, -0.15) is 4.98 Å². The molecule has 4 heterocycles. The highest BCUT2D eigenvalue weighted by Crippen LogP contribution is 2.33. The van der Waals surface area contributed by atoms with Crippen LogP contribution in [-0.4, -0.2) is 52.0 Å². The van der Waals surface area contributed by atoms with E-state index >= 15 is 0 Å². The summed E-state index contributed by atoms with van der Waals surface area (Å²) in [5.41, 5.74) is 2.82. The summed E-state index contributed by atoms with van der Waals surface area (Å²) in [7, 11) is 0. The van der Waals surface area contributed by atoms with Crippen LogP contribution in [0.5, 0.6) is 10.9 Å². The van der Waals surface area contributed by atoms with Gasteiger partial charge in [0.05, 0.1) is 11.0 Å². The van der Waals surface area contributed by atoms with Crippen LogP contribution in [0, 0.1) is 0 Å². The zero-order valence-corrected chi connectivity index (χ0v) is 16.9. The van der Waals surface area contributed by atoms with E-state index < -0.39 is 0 Å². The Balaban J connectivity index is 1.16. The lowest BCUT2D eigenvalue weighted by Crippen LogP contribution is -2.46. The van der Waals surface area contributed by atoms with E-state index in [1.54, 1.807) is 6.20 Å². The fourth-order valence-corrected chi connectivity index (χ4v) is 4.90. The van der Waals surface area contributed by atoms with E-state index in [-0.39, 0.29) is 0 Å². The minimum absolute atomic E-state index is 0.596. The van der Waals surface area contributed by atoms with Gasteiger partial charge in [-0.3, -0.25) is 9.80 Å². The van der Waals surface area contributed by atoms with E-state index in [0.29, 0.717) is 5.19 Å². The molecule has 3 aromatic heterocycles. The molecule has 0 N–H and O–H groups in total. The van der Waals surface area contributed by atoms with E-state index in [1.165, 1.54) is 42.8 Å². The molecule has 6 nitrogen and oxygen atoms in total. The lowest BCUT2D eigenvalue weighted by molar-refractivity contribution is 0.121. The van der Waals surface area contributed by atoms with Crippen LogP contribution in [0.15, 0.2) is 47.2 Å². The van der Waals surface area contributed by atoms with E-state index in [0.717, 1.165) is 52.7 Å². The number of piperazine rings is 1. The summed E-state index contributed by atoms with van der Waals surface area (Å²) in [6.07, 6.45) is 6.42. The molecule has 1 saturated heterocycles. The number of aromatic nitrogens is 2. The lowest BCUT2D eigenvalue weighted by atomic mass is 10.1. The van der Waals surface area contributed by atoms with Gasteiger partial charge in [0.25, 0.3) is 5.19 Å². The molecule has 1 aromatic carbocycles. The first-order valence-electron chi connectivity index (χ1n) is 10.2. The van der Waals surface area contributed by atoms with Gasteiger partial charge >= 0.3 is 0 Å². The Morgan fingerprint density at radius 2 is 2.03 bits per heavy atom. The zero-order valence-electron chi connectivity index (χ0n) is 16.1. The number of fused-ring (bicyclic) bond motifs is 2. The number of nitrogens with zero attached hydrogens (tertiary/aromatic N) is 4. The summed E-state index contributed by atoms with van der Waals surface area (Å²) >= 11 is 1.50. The maximum atomic E-state index is 5.96. The molecule has 1 saturated carbocycles. The Morgan fingerprint density at radius 3 is 2.86 bits per heavy atom. The Bertz CT molecular complexity index is 1130. The predicted molar refractivity (Wildman–Crippen MR) is 114 cm³/mol. The van der Waals surface area contributed by atoms with Gasteiger partial charge in [0.2, 0.25) is 0 Å². The number of pyridine rings is 1. The first kappa shape index (κ1) is 17.4. The average molecular weight is 407 g/mol. The van der Waals surface area contributed by atoms with Crippen molar-refractivity contribution in [2.45, 2.75) is 25.4 Å². The molecular weight excluding hydrogens is 384 g/mol. The first-order chi connectivity index (χ1) is 14.3. The van der Waals surface area contributed by atoms with Gasteiger partial charge in [0.1, 0.15) is 11.3 Å². The molecule has 7 heteroatoms. The molecule has 1 aliphatic carbocycles. The van der Waals surface area contributed by atoms with Gasteiger partial charge < -0.3 is 9.15 Å². The smallest absolute Gasteiger partial charge is 0.281 e. The van der Waals surface area contributed by atoms with Crippen LogP contribution in [0.3, 0.4) is 0 Å². The topological polar surface area (TPSA) is 54.6 Å². The van der Waals surface area contributed by atoms with Crippen molar-refractivity contribution in [1.29, 1.82) is 0 Å². The van der Waals surface area contributed by atoms with Crippen LogP contribution in [-0.2, 0) is 6.54 Å². The van der Waals surface area contributed by atoms with Crippen LogP contribution in [0.2, 0.25) is 0 Å². The Morgan fingerprint density at radius 1 is 1.14 bits per heavy atom. The Hall–Kier alpha value is -2.48. The third kappa shape index (κ3) is 3.50. The summed E-state index contributed by atoms with van der Waals surface area (Å²) in [4.78, 5) is 13.9. The van der Waals surface area contributed by atoms with Gasteiger partial charge in [-0.1, -0.05) is 11.3 Å². The standard InChI is InChI=1S/C22H22N4O2S/c1-2-20-21(23-7-1)24-22(29-20)28-17-5-6-18-15(14-27-19(18)12-17)13-25-8-10-26(11-9-25)16-3-4-16/h1-2,5-7,12,14,16H,3-4,8-11,13H2. The van der Waals surface area contributed by atoms with Crippen LogP contribution in [0.4, 0.5) is 0 Å². The van der Waals surface area contributed by atoms with Gasteiger partial charge in [0, 0.05) is 62.0 Å². The molecule has 2 fully saturated rings. The molecule has 6 rings (SSSR count). The summed E-state index contributed by atoms with van der Waals surface area (Å²) in [6, 6.07) is 10.8. The van der Waals surface area contributed by atoms with Crippen LogP contribution in [0.25, 0.3) is 21.3 Å². The molecule has 0 bridgehead atoms. The molecular formula is C22H22N4O2S. The molecule has 0 spiro atoms. The summed E-state index contributed by atoms with van der Waals surface area (Å²) in [6.45, 7) is 5.59. The lowest BCUT2D eigenvalue weighted by Gasteiger charge is -2.34. The number of benzene rings is 1. The van der Waals surface area contributed by atoms with E-state index in [2.05, 4.69) is 25.8 Å². The summed E-state index contributed by atoms with van der Waals surface area (Å²) in [5.74, 6) is 0.732. The summed E-state index contributed by atoms with van der Waals surface area (Å²) < 4.78 is 12.8. The quantitative estimate of drug-likeness (QED) is 0.486. The fourth-order valence-electron chi connectivity index (χ4n) is 4.11. The molecule has 29 heavy (non-hydrogen) atoms. The van der Waals surface area contributed by atoms with Crippen molar-refractivity contribution in [1.82, 2.24) is 19.8 Å². The highest BCUT2D eigenvalue weighted by atomic mass is 32.1. The van der Waals surface area contributed by atoms with Crippen molar-refractivity contribution < 1.29 is 9.15 Å². The van der Waals surface area contributed by atoms with Crippen molar-refractivity contribution in [2.75, 3.05) is 26.2 Å². The van der Waals surface area contributed by atoms with Gasteiger partial charge in [0.15, 0.2) is 5.65 Å². The van der Waals surface area contributed by atoms with Gasteiger partial charge in [-0.05, 0) is 37.1 Å². The maximum absolute atomic E-state index is 5.96. The Kier molecular flexibility index (Phi) is 4.25. The average Bonchev–Trinajstić information content (AvgIpc) is 3.40. The highest BCUT2D eigenvalue weighted by Gasteiger charge is 2.31. The van der Waals surface area contributed by atoms with Gasteiger partial charge in [-0.25, -0.2) is 4.98 Å². The van der Waals surface area contributed by atoms with E-state index in [9.17, 15) is 0 Å². The SMILES string of the molecule is c1cnc2nc(Oc3ccc4c(CN5CCN(C6CC6)CC5)coc4c3)sc2c1. The predicted octanol–water partition coefficient (Wildman–Crippen LogP) is 4.51. The molecule has 0 amide bonds. The van der Waals surface area contributed by atoms with E-state index in [4.69, 9.17) is 9.15 Å². The highest BCUT2D eigenvalue weighted by molar-refractivity contribution is 7.20. The number of furan rings is 1. The second-order valence-electron chi connectivity index (χ2n) is 7.87. The molecule has 0 atom stereocenters. The molecule has 0 unspecified atom stereocenters. The minimum atomic E-state index is 0.596. The van der Waals surface area contributed by atoms with E-state index in [1.807, 2.05) is 30.5 Å². The monoisotopic (exact) mass is 406 g/mol. The molecule has 0 radical (unpaired) electrons. The zero-order chi connectivity index (χ0) is 19.2. The molecule has 2 aliphatic rings. The molecule has 4 aromatic rings. The van der Waals surface area contributed by atoms with Crippen molar-refractivity contribution >= 4 is 32.7 Å². The molecule has 1 aliphatic heterocycles. The summed E-state index contributed by atoms with van der Waals surface area (Å²) in [5, 5.41) is 1.76. The number of hydrogen-bond donors (Lipinski definition) is 0. The number of thiazole rings is 1. The van der Waals surface area contributed by atoms with Crippen LogP contribution in [0.1, 0.15) is 18.4 Å². The third-order valence-electron chi connectivity index (χ3n) is 5.84.